The summed E-state index contributed by atoms with van der Waals surface area (Å²) in [6, 6.07) is 13.8. The van der Waals surface area contributed by atoms with E-state index in [2.05, 4.69) is 10.6 Å². The Morgan fingerprint density at radius 3 is 2.32 bits per heavy atom. The van der Waals surface area contributed by atoms with Gasteiger partial charge < -0.3 is 20.1 Å². The number of halogens is 1. The first-order valence-electron chi connectivity index (χ1n) is 7.55. The highest BCUT2D eigenvalue weighted by atomic mass is 35.5. The number of amides is 2. The van der Waals surface area contributed by atoms with Crippen LogP contribution in [-0.2, 0) is 14.3 Å². The highest BCUT2D eigenvalue weighted by molar-refractivity contribution is 6.39. The number of rotatable bonds is 6. The Hall–Kier alpha value is -2.57. The first kappa shape index (κ1) is 18.8. The number of anilines is 1. The van der Waals surface area contributed by atoms with Crippen molar-refractivity contribution in [3.05, 3.63) is 59.1 Å². The van der Waals surface area contributed by atoms with Gasteiger partial charge in [-0.15, -0.1) is 0 Å². The normalized spacial score (nSPS) is 11.5. The molecule has 0 heterocycles. The van der Waals surface area contributed by atoms with E-state index in [4.69, 9.17) is 21.1 Å². The summed E-state index contributed by atoms with van der Waals surface area (Å²) in [5.74, 6) is -0.866. The molecule has 7 heteroatoms. The summed E-state index contributed by atoms with van der Waals surface area (Å²) < 4.78 is 10.4. The summed E-state index contributed by atoms with van der Waals surface area (Å²) in [5, 5.41) is 5.59. The molecule has 2 aromatic rings. The van der Waals surface area contributed by atoms with E-state index in [1.807, 2.05) is 6.07 Å². The maximum absolute atomic E-state index is 12.0. The maximum Gasteiger partial charge on any atom is 0.313 e. The molecule has 0 saturated carbocycles. The Morgan fingerprint density at radius 2 is 1.72 bits per heavy atom. The van der Waals surface area contributed by atoms with Gasteiger partial charge >= 0.3 is 11.8 Å². The average Bonchev–Trinajstić information content (AvgIpc) is 2.64. The maximum atomic E-state index is 12.0. The molecule has 0 radical (unpaired) electrons. The van der Waals surface area contributed by atoms with Crippen molar-refractivity contribution in [3.8, 4) is 5.75 Å². The molecule has 6 nitrogen and oxygen atoms in total. The molecule has 0 aliphatic rings. The highest BCUT2D eigenvalue weighted by Crippen LogP contribution is 2.24. The van der Waals surface area contributed by atoms with E-state index in [9.17, 15) is 9.59 Å². The monoisotopic (exact) mass is 362 g/mol. The lowest BCUT2D eigenvalue weighted by Gasteiger charge is -2.17. The van der Waals surface area contributed by atoms with Crippen LogP contribution < -0.4 is 15.4 Å². The molecule has 0 saturated heterocycles. The van der Waals surface area contributed by atoms with Gasteiger partial charge in [0.25, 0.3) is 0 Å². The van der Waals surface area contributed by atoms with E-state index < -0.39 is 17.9 Å². The fraction of sp³-hybridized carbons (Fsp3) is 0.222. The third-order valence-electron chi connectivity index (χ3n) is 3.54. The molecule has 2 aromatic carbocycles. The average molecular weight is 363 g/mol. The second kappa shape index (κ2) is 9.05. The highest BCUT2D eigenvalue weighted by Gasteiger charge is 2.18. The Labute approximate surface area is 151 Å². The van der Waals surface area contributed by atoms with E-state index in [-0.39, 0.29) is 6.54 Å². The van der Waals surface area contributed by atoms with Gasteiger partial charge in [0.2, 0.25) is 0 Å². The zero-order valence-electron chi connectivity index (χ0n) is 13.9. The van der Waals surface area contributed by atoms with Crippen molar-refractivity contribution < 1.29 is 19.1 Å². The van der Waals surface area contributed by atoms with Crippen molar-refractivity contribution in [2.45, 2.75) is 6.10 Å². The summed E-state index contributed by atoms with van der Waals surface area (Å²) >= 11 is 6.13. The number of carbonyl (C=O) groups is 2. The summed E-state index contributed by atoms with van der Waals surface area (Å²) in [6.45, 7) is 0.120. The lowest BCUT2D eigenvalue weighted by molar-refractivity contribution is -0.136. The molecule has 0 aliphatic carbocycles. The van der Waals surface area contributed by atoms with Crippen LogP contribution in [0.2, 0.25) is 5.02 Å². The predicted octanol–water partition coefficient (Wildman–Crippen LogP) is 2.79. The Morgan fingerprint density at radius 1 is 1.04 bits per heavy atom. The van der Waals surface area contributed by atoms with E-state index in [1.165, 1.54) is 7.11 Å². The van der Waals surface area contributed by atoms with Crippen LogP contribution in [0.3, 0.4) is 0 Å². The van der Waals surface area contributed by atoms with Crippen molar-refractivity contribution in [3.63, 3.8) is 0 Å². The van der Waals surface area contributed by atoms with Gasteiger partial charge in [-0.1, -0.05) is 29.8 Å². The van der Waals surface area contributed by atoms with Gasteiger partial charge in [0.05, 0.1) is 7.11 Å². The molecule has 132 valence electrons. The van der Waals surface area contributed by atoms with Crippen molar-refractivity contribution in [2.75, 3.05) is 26.1 Å². The second-order valence-corrected chi connectivity index (χ2v) is 5.55. The molecule has 1 atom stereocenters. The van der Waals surface area contributed by atoms with E-state index >= 15 is 0 Å². The number of nitrogens with one attached hydrogen (secondary N) is 2. The topological polar surface area (TPSA) is 76.7 Å². The molecule has 0 bridgehead atoms. The first-order chi connectivity index (χ1) is 12.0. The molecule has 0 aromatic heterocycles. The number of carbonyl (C=O) groups excluding carboxylic acids is 2. The van der Waals surface area contributed by atoms with Crippen molar-refractivity contribution in [2.24, 2.45) is 0 Å². The predicted molar refractivity (Wildman–Crippen MR) is 95.8 cm³/mol. The van der Waals surface area contributed by atoms with Gasteiger partial charge in [0.1, 0.15) is 11.9 Å². The molecule has 0 aliphatic heterocycles. The zero-order chi connectivity index (χ0) is 18.2. The lowest BCUT2D eigenvalue weighted by atomic mass is 10.1. The molecular formula is C18H19ClN2O4. The molecular weight excluding hydrogens is 344 g/mol. The van der Waals surface area contributed by atoms with Gasteiger partial charge in [0, 0.05) is 29.9 Å². The molecule has 2 rings (SSSR count). The van der Waals surface area contributed by atoms with Crippen LogP contribution in [0.4, 0.5) is 5.69 Å². The number of methoxy groups -OCH3 is 2. The molecule has 1 unspecified atom stereocenters. The Kier molecular flexibility index (Phi) is 6.80. The minimum absolute atomic E-state index is 0.120. The van der Waals surface area contributed by atoms with Gasteiger partial charge in [0.15, 0.2) is 0 Å². The third-order valence-corrected chi connectivity index (χ3v) is 3.88. The number of ether oxygens (including phenoxy) is 2. The molecule has 2 N–H and O–H groups in total. The SMILES string of the molecule is COc1ccc(NC(=O)C(=O)NCC(OC)c2ccccc2Cl)cc1. The summed E-state index contributed by atoms with van der Waals surface area (Å²) in [4.78, 5) is 23.9. The minimum atomic E-state index is -0.765. The third kappa shape index (κ3) is 5.20. The number of hydrogen-bond donors (Lipinski definition) is 2. The minimum Gasteiger partial charge on any atom is -0.497 e. The first-order valence-corrected chi connectivity index (χ1v) is 7.93. The van der Waals surface area contributed by atoms with Crippen molar-refractivity contribution in [1.82, 2.24) is 5.32 Å². The molecule has 25 heavy (non-hydrogen) atoms. The van der Waals surface area contributed by atoms with Crippen LogP contribution >= 0.6 is 11.6 Å². The van der Waals surface area contributed by atoms with Crippen LogP contribution in [0.1, 0.15) is 11.7 Å². The lowest BCUT2D eigenvalue weighted by Crippen LogP contribution is -2.38. The fourth-order valence-electron chi connectivity index (χ4n) is 2.18. The van der Waals surface area contributed by atoms with Gasteiger partial charge in [-0.3, -0.25) is 9.59 Å². The van der Waals surface area contributed by atoms with E-state index in [0.717, 1.165) is 5.56 Å². The number of benzene rings is 2. The van der Waals surface area contributed by atoms with Crippen LogP contribution in [0, 0.1) is 0 Å². The molecule has 0 fully saturated rings. The van der Waals surface area contributed by atoms with Crippen molar-refractivity contribution in [1.29, 1.82) is 0 Å². The quantitative estimate of drug-likeness (QED) is 0.775. The molecule has 2 amide bonds. The van der Waals surface area contributed by atoms with Crippen LogP contribution in [0.25, 0.3) is 0 Å². The van der Waals surface area contributed by atoms with Crippen LogP contribution in [0.5, 0.6) is 5.75 Å². The van der Waals surface area contributed by atoms with Crippen LogP contribution in [-0.4, -0.2) is 32.6 Å². The Balaban J connectivity index is 1.91. The number of hydrogen-bond acceptors (Lipinski definition) is 4. The smallest absolute Gasteiger partial charge is 0.313 e. The summed E-state index contributed by atoms with van der Waals surface area (Å²) in [7, 11) is 3.06. The Bertz CT molecular complexity index is 734. The standard InChI is InChI=1S/C18H19ClN2O4/c1-24-13-9-7-12(8-10-13)21-18(23)17(22)20-11-16(25-2)14-5-3-4-6-15(14)19/h3-10,16H,11H2,1-2H3,(H,20,22)(H,21,23). The van der Waals surface area contributed by atoms with E-state index in [1.54, 1.807) is 49.6 Å². The van der Waals surface area contributed by atoms with Crippen LogP contribution in [0.15, 0.2) is 48.5 Å². The summed E-state index contributed by atoms with van der Waals surface area (Å²) in [5.41, 5.74) is 1.23. The van der Waals surface area contributed by atoms with Gasteiger partial charge in [-0.05, 0) is 30.3 Å². The van der Waals surface area contributed by atoms with E-state index in [0.29, 0.717) is 16.5 Å². The zero-order valence-corrected chi connectivity index (χ0v) is 14.7. The second-order valence-electron chi connectivity index (χ2n) is 5.14. The summed E-state index contributed by atoms with van der Waals surface area (Å²) in [6.07, 6.45) is -0.452. The van der Waals surface area contributed by atoms with Gasteiger partial charge in [-0.25, -0.2) is 0 Å². The van der Waals surface area contributed by atoms with Crippen molar-refractivity contribution >= 4 is 29.1 Å². The fourth-order valence-corrected chi connectivity index (χ4v) is 2.44. The van der Waals surface area contributed by atoms with Gasteiger partial charge in [-0.2, -0.15) is 0 Å². The largest absolute Gasteiger partial charge is 0.497 e. The molecule has 0 spiro atoms.